The third-order valence-electron chi connectivity index (χ3n) is 4.45. The van der Waals surface area contributed by atoms with E-state index in [1.54, 1.807) is 0 Å². The molecule has 1 aliphatic carbocycles. The number of hydrogen-bond donors (Lipinski definition) is 1. The molecule has 2 nitrogen and oxygen atoms in total. The van der Waals surface area contributed by atoms with Crippen LogP contribution in [0.5, 0.6) is 0 Å². The molecule has 0 amide bonds. The summed E-state index contributed by atoms with van der Waals surface area (Å²) >= 11 is 1.83. The van der Waals surface area contributed by atoms with Gasteiger partial charge in [-0.05, 0) is 50.2 Å². The summed E-state index contributed by atoms with van der Waals surface area (Å²) < 4.78 is 0. The fourth-order valence-corrected chi connectivity index (χ4v) is 4.18. The van der Waals surface area contributed by atoms with Crippen molar-refractivity contribution >= 4 is 11.3 Å². The minimum absolute atomic E-state index is 0.151. The van der Waals surface area contributed by atoms with Gasteiger partial charge in [0.05, 0.1) is 10.7 Å². The first-order chi connectivity index (χ1) is 9.65. The van der Waals surface area contributed by atoms with E-state index in [0.29, 0.717) is 5.92 Å². The van der Waals surface area contributed by atoms with Crippen molar-refractivity contribution < 1.29 is 0 Å². The summed E-state index contributed by atoms with van der Waals surface area (Å²) in [6.45, 7) is 4.25. The molecule has 3 heteroatoms. The Morgan fingerprint density at radius 3 is 2.85 bits per heavy atom. The van der Waals surface area contributed by atoms with Gasteiger partial charge in [0.1, 0.15) is 0 Å². The fourth-order valence-electron chi connectivity index (χ4n) is 3.16. The number of nitrogens with zero attached hydrogens (tertiary/aromatic N) is 1. The molecule has 3 rings (SSSR count). The molecule has 1 heterocycles. The number of rotatable bonds is 2. The molecular weight excluding hydrogens is 264 g/mol. The van der Waals surface area contributed by atoms with Gasteiger partial charge in [-0.2, -0.15) is 0 Å². The van der Waals surface area contributed by atoms with Crippen molar-refractivity contribution in [2.75, 3.05) is 0 Å². The van der Waals surface area contributed by atoms with E-state index >= 15 is 0 Å². The number of benzene rings is 1. The number of aryl methyl sites for hydroxylation is 3. The standard InChI is InChI=1S/C17H22N2S/c1-11-12(2)20-16(19-11)10-14-8-5-7-13-6-3-4-9-15(13)17(14)18/h3-4,6,9,14,17H,5,7-8,10,18H2,1-2H3. The van der Waals surface area contributed by atoms with Crippen molar-refractivity contribution in [1.82, 2.24) is 4.98 Å². The van der Waals surface area contributed by atoms with Gasteiger partial charge >= 0.3 is 0 Å². The Labute approximate surface area is 125 Å². The lowest BCUT2D eigenvalue weighted by molar-refractivity contribution is 0.401. The lowest BCUT2D eigenvalue weighted by Gasteiger charge is -2.22. The van der Waals surface area contributed by atoms with Crippen LogP contribution in [-0.2, 0) is 12.8 Å². The molecule has 2 aromatic rings. The molecular formula is C17H22N2S. The molecule has 0 aliphatic heterocycles. The van der Waals surface area contributed by atoms with Gasteiger partial charge in [-0.15, -0.1) is 11.3 Å². The Morgan fingerprint density at radius 1 is 1.30 bits per heavy atom. The van der Waals surface area contributed by atoms with Crippen LogP contribution in [-0.4, -0.2) is 4.98 Å². The minimum Gasteiger partial charge on any atom is -0.324 e. The first-order valence-corrected chi connectivity index (χ1v) is 8.23. The van der Waals surface area contributed by atoms with Crippen LogP contribution >= 0.6 is 11.3 Å². The molecule has 0 fully saturated rings. The molecule has 106 valence electrons. The van der Waals surface area contributed by atoms with Crippen LogP contribution in [0.4, 0.5) is 0 Å². The van der Waals surface area contributed by atoms with Gasteiger partial charge < -0.3 is 5.73 Å². The van der Waals surface area contributed by atoms with Crippen molar-refractivity contribution in [3.05, 3.63) is 51.0 Å². The maximum atomic E-state index is 6.56. The topological polar surface area (TPSA) is 38.9 Å². The summed E-state index contributed by atoms with van der Waals surface area (Å²) in [5.41, 5.74) is 10.5. The maximum absolute atomic E-state index is 6.56. The van der Waals surface area contributed by atoms with Gasteiger partial charge in [0.2, 0.25) is 0 Å². The largest absolute Gasteiger partial charge is 0.324 e. The summed E-state index contributed by atoms with van der Waals surface area (Å²) in [5, 5.41) is 1.25. The van der Waals surface area contributed by atoms with Crippen molar-refractivity contribution in [3.8, 4) is 0 Å². The summed E-state index contributed by atoms with van der Waals surface area (Å²) in [4.78, 5) is 6.02. The summed E-state index contributed by atoms with van der Waals surface area (Å²) in [6.07, 6.45) is 4.62. The summed E-state index contributed by atoms with van der Waals surface area (Å²) in [6, 6.07) is 8.82. The van der Waals surface area contributed by atoms with E-state index in [9.17, 15) is 0 Å². The monoisotopic (exact) mass is 286 g/mol. The maximum Gasteiger partial charge on any atom is 0.0934 e. The number of hydrogen-bond acceptors (Lipinski definition) is 3. The van der Waals surface area contributed by atoms with E-state index in [1.807, 2.05) is 11.3 Å². The zero-order valence-corrected chi connectivity index (χ0v) is 13.0. The molecule has 0 spiro atoms. The third kappa shape index (κ3) is 2.65. The molecule has 2 N–H and O–H groups in total. The van der Waals surface area contributed by atoms with E-state index in [-0.39, 0.29) is 6.04 Å². The predicted molar refractivity (Wildman–Crippen MR) is 85.1 cm³/mol. The second-order valence-corrected chi connectivity index (χ2v) is 7.12. The van der Waals surface area contributed by atoms with Crippen LogP contribution in [0.3, 0.4) is 0 Å². The Balaban J connectivity index is 1.83. The highest BCUT2D eigenvalue weighted by Crippen LogP contribution is 2.34. The Bertz CT molecular complexity index is 583. The Morgan fingerprint density at radius 2 is 2.10 bits per heavy atom. The zero-order valence-electron chi connectivity index (χ0n) is 12.2. The highest BCUT2D eigenvalue weighted by Gasteiger charge is 2.25. The highest BCUT2D eigenvalue weighted by molar-refractivity contribution is 7.11. The molecule has 1 aromatic carbocycles. The average Bonchev–Trinajstić information content (AvgIpc) is 2.66. The lowest BCUT2D eigenvalue weighted by atomic mass is 9.89. The smallest absolute Gasteiger partial charge is 0.0934 e. The summed E-state index contributed by atoms with van der Waals surface area (Å²) in [5.74, 6) is 0.517. The second kappa shape index (κ2) is 5.66. The first-order valence-electron chi connectivity index (χ1n) is 7.41. The lowest BCUT2D eigenvalue weighted by Crippen LogP contribution is -2.22. The molecule has 1 aliphatic rings. The zero-order chi connectivity index (χ0) is 14.1. The van der Waals surface area contributed by atoms with Gasteiger partial charge in [0, 0.05) is 17.3 Å². The van der Waals surface area contributed by atoms with Crippen molar-refractivity contribution in [1.29, 1.82) is 0 Å². The second-order valence-electron chi connectivity index (χ2n) is 5.83. The van der Waals surface area contributed by atoms with Gasteiger partial charge in [-0.1, -0.05) is 24.3 Å². The van der Waals surface area contributed by atoms with E-state index < -0.39 is 0 Å². The quantitative estimate of drug-likeness (QED) is 0.849. The van der Waals surface area contributed by atoms with Crippen LogP contribution < -0.4 is 5.73 Å². The number of thiazole rings is 1. The average molecular weight is 286 g/mol. The Kier molecular flexibility index (Phi) is 3.90. The van der Waals surface area contributed by atoms with Gasteiger partial charge in [-0.3, -0.25) is 0 Å². The normalized spacial score (nSPS) is 22.4. The molecule has 2 unspecified atom stereocenters. The third-order valence-corrected chi connectivity index (χ3v) is 5.55. The predicted octanol–water partition coefficient (Wildman–Crippen LogP) is 3.95. The van der Waals surface area contributed by atoms with Crippen molar-refractivity contribution in [3.63, 3.8) is 0 Å². The SMILES string of the molecule is Cc1nc(CC2CCCc3ccccc3C2N)sc1C. The van der Waals surface area contributed by atoms with Gasteiger partial charge in [-0.25, -0.2) is 4.98 Å². The van der Waals surface area contributed by atoms with Gasteiger partial charge in [0.15, 0.2) is 0 Å². The van der Waals surface area contributed by atoms with Crippen LogP contribution in [0.2, 0.25) is 0 Å². The first kappa shape index (κ1) is 13.8. The molecule has 20 heavy (non-hydrogen) atoms. The van der Waals surface area contributed by atoms with Crippen LogP contribution in [0.1, 0.15) is 45.6 Å². The van der Waals surface area contributed by atoms with Crippen LogP contribution in [0, 0.1) is 19.8 Å². The van der Waals surface area contributed by atoms with Crippen molar-refractivity contribution in [2.24, 2.45) is 11.7 Å². The number of nitrogens with two attached hydrogens (primary N) is 1. The fraction of sp³-hybridized carbons (Fsp3) is 0.471. The molecule has 1 aromatic heterocycles. The van der Waals surface area contributed by atoms with Gasteiger partial charge in [0.25, 0.3) is 0 Å². The minimum atomic E-state index is 0.151. The van der Waals surface area contributed by atoms with E-state index in [1.165, 1.54) is 39.5 Å². The molecule has 0 saturated carbocycles. The van der Waals surface area contributed by atoms with E-state index in [0.717, 1.165) is 12.8 Å². The summed E-state index contributed by atoms with van der Waals surface area (Å²) in [7, 11) is 0. The van der Waals surface area contributed by atoms with E-state index in [4.69, 9.17) is 5.73 Å². The molecule has 0 radical (unpaired) electrons. The highest BCUT2D eigenvalue weighted by atomic mass is 32.1. The molecule has 0 saturated heterocycles. The van der Waals surface area contributed by atoms with Crippen LogP contribution in [0.25, 0.3) is 0 Å². The van der Waals surface area contributed by atoms with Crippen LogP contribution in [0.15, 0.2) is 24.3 Å². The molecule has 2 atom stereocenters. The Hall–Kier alpha value is -1.19. The van der Waals surface area contributed by atoms with Crippen molar-refractivity contribution in [2.45, 2.75) is 45.6 Å². The number of aromatic nitrogens is 1. The molecule has 0 bridgehead atoms. The number of fused-ring (bicyclic) bond motifs is 1. The van der Waals surface area contributed by atoms with E-state index in [2.05, 4.69) is 43.1 Å².